The predicted octanol–water partition coefficient (Wildman–Crippen LogP) is 2.52. The third-order valence-electron chi connectivity index (χ3n) is 3.10. The Morgan fingerprint density at radius 2 is 1.89 bits per heavy atom. The average molecular weight is 255 g/mol. The van der Waals surface area contributed by atoms with Crippen LogP contribution in [0.2, 0.25) is 0 Å². The summed E-state index contributed by atoms with van der Waals surface area (Å²) < 4.78 is 0. The minimum absolute atomic E-state index is 0.00310. The van der Waals surface area contributed by atoms with Gasteiger partial charge in [-0.15, -0.1) is 0 Å². The number of carbonyl (C=O) groups is 2. The molecular weight excluding hydrogens is 230 g/mol. The predicted molar refractivity (Wildman–Crippen MR) is 70.2 cm³/mol. The van der Waals surface area contributed by atoms with Crippen LogP contribution in [0.25, 0.3) is 0 Å². The molecule has 0 bridgehead atoms. The largest absolute Gasteiger partial charge is 0.480 e. The molecule has 1 amide bonds. The van der Waals surface area contributed by atoms with Gasteiger partial charge in [-0.1, -0.05) is 27.7 Å². The van der Waals surface area contributed by atoms with Crippen molar-refractivity contribution in [1.29, 1.82) is 0 Å². The molecule has 0 spiro atoms. The molecule has 0 heterocycles. The van der Waals surface area contributed by atoms with Crippen LogP contribution in [0.3, 0.4) is 0 Å². The molecule has 1 atom stereocenters. The second kappa shape index (κ2) is 5.72. The fraction of sp³-hybridized carbons (Fsp3) is 0.857. The summed E-state index contributed by atoms with van der Waals surface area (Å²) in [5.74, 6) is -0.622. The first kappa shape index (κ1) is 15.0. The molecule has 0 radical (unpaired) electrons. The van der Waals surface area contributed by atoms with E-state index in [1.807, 2.05) is 0 Å². The summed E-state index contributed by atoms with van der Waals surface area (Å²) in [7, 11) is 0. The number of carbonyl (C=O) groups excluding carboxylic acids is 1. The first-order valence-corrected chi connectivity index (χ1v) is 6.70. The summed E-state index contributed by atoms with van der Waals surface area (Å²) in [5, 5.41) is 8.84. The fourth-order valence-electron chi connectivity index (χ4n) is 2.49. The van der Waals surface area contributed by atoms with E-state index in [1.54, 1.807) is 4.90 Å². The van der Waals surface area contributed by atoms with E-state index in [-0.39, 0.29) is 23.9 Å². The number of amides is 1. The summed E-state index contributed by atoms with van der Waals surface area (Å²) in [4.78, 5) is 24.4. The van der Waals surface area contributed by atoms with Crippen molar-refractivity contribution >= 4 is 11.9 Å². The minimum atomic E-state index is -0.918. The second-order valence-corrected chi connectivity index (χ2v) is 6.72. The maximum atomic E-state index is 12.1. The van der Waals surface area contributed by atoms with Crippen LogP contribution in [0.4, 0.5) is 0 Å². The molecule has 1 aliphatic rings. The first-order valence-electron chi connectivity index (χ1n) is 6.70. The van der Waals surface area contributed by atoms with Crippen molar-refractivity contribution in [1.82, 2.24) is 4.90 Å². The molecule has 1 unspecified atom stereocenters. The van der Waals surface area contributed by atoms with Crippen molar-refractivity contribution in [3.8, 4) is 0 Å². The fourth-order valence-corrected chi connectivity index (χ4v) is 2.49. The van der Waals surface area contributed by atoms with Gasteiger partial charge in [-0.05, 0) is 30.6 Å². The van der Waals surface area contributed by atoms with Crippen LogP contribution >= 0.6 is 0 Å². The number of nitrogens with zero attached hydrogens (tertiary/aromatic N) is 1. The van der Waals surface area contributed by atoms with Gasteiger partial charge in [-0.3, -0.25) is 9.59 Å². The van der Waals surface area contributed by atoms with Crippen LogP contribution in [0.1, 0.15) is 53.4 Å². The summed E-state index contributed by atoms with van der Waals surface area (Å²) in [6, 6.07) is 0.176. The zero-order valence-electron chi connectivity index (χ0n) is 11.9. The van der Waals surface area contributed by atoms with Gasteiger partial charge in [-0.25, -0.2) is 0 Å². The quantitative estimate of drug-likeness (QED) is 0.793. The lowest BCUT2D eigenvalue weighted by molar-refractivity contribution is -0.145. The minimum Gasteiger partial charge on any atom is -0.480 e. The molecule has 4 nitrogen and oxygen atoms in total. The van der Waals surface area contributed by atoms with E-state index in [2.05, 4.69) is 27.7 Å². The number of rotatable bonds is 6. The van der Waals surface area contributed by atoms with Gasteiger partial charge in [0.05, 0.1) is 0 Å². The lowest BCUT2D eigenvalue weighted by Crippen LogP contribution is -2.38. The average Bonchev–Trinajstić information content (AvgIpc) is 2.92. The molecule has 1 fully saturated rings. The molecule has 1 N–H and O–H groups in total. The van der Waals surface area contributed by atoms with Gasteiger partial charge in [0.1, 0.15) is 6.54 Å². The molecule has 4 heteroatoms. The van der Waals surface area contributed by atoms with Crippen molar-refractivity contribution in [2.45, 2.75) is 59.4 Å². The van der Waals surface area contributed by atoms with E-state index in [0.717, 1.165) is 19.3 Å². The summed E-state index contributed by atoms with van der Waals surface area (Å²) in [6.45, 7) is 8.39. The van der Waals surface area contributed by atoms with Gasteiger partial charge in [0, 0.05) is 12.5 Å². The van der Waals surface area contributed by atoms with E-state index < -0.39 is 5.97 Å². The van der Waals surface area contributed by atoms with Crippen molar-refractivity contribution in [2.75, 3.05) is 6.54 Å². The first-order chi connectivity index (χ1) is 8.19. The Balaban J connectivity index is 2.48. The molecule has 104 valence electrons. The zero-order chi connectivity index (χ0) is 13.9. The Morgan fingerprint density at radius 1 is 1.33 bits per heavy atom. The molecule has 0 aromatic rings. The van der Waals surface area contributed by atoms with Crippen LogP contribution in [0, 0.1) is 11.3 Å². The number of hydrogen-bond donors (Lipinski definition) is 1. The number of carboxylic acids is 1. The molecule has 1 rings (SSSR count). The summed E-state index contributed by atoms with van der Waals surface area (Å²) >= 11 is 0. The van der Waals surface area contributed by atoms with Crippen LogP contribution in [-0.4, -0.2) is 34.5 Å². The zero-order valence-corrected chi connectivity index (χ0v) is 11.9. The highest BCUT2D eigenvalue weighted by molar-refractivity contribution is 5.82. The highest BCUT2D eigenvalue weighted by Crippen LogP contribution is 2.30. The maximum absolute atomic E-state index is 12.1. The van der Waals surface area contributed by atoms with E-state index in [1.165, 1.54) is 0 Å². The maximum Gasteiger partial charge on any atom is 0.323 e. The third kappa shape index (κ3) is 5.52. The van der Waals surface area contributed by atoms with Crippen LogP contribution in [-0.2, 0) is 9.59 Å². The van der Waals surface area contributed by atoms with Crippen molar-refractivity contribution in [3.63, 3.8) is 0 Å². The van der Waals surface area contributed by atoms with Crippen LogP contribution in [0.15, 0.2) is 0 Å². The van der Waals surface area contributed by atoms with E-state index in [0.29, 0.717) is 12.3 Å². The molecule has 18 heavy (non-hydrogen) atoms. The van der Waals surface area contributed by atoms with Gasteiger partial charge in [-0.2, -0.15) is 0 Å². The Hall–Kier alpha value is -1.06. The third-order valence-corrected chi connectivity index (χ3v) is 3.10. The molecule has 1 saturated carbocycles. The number of hydrogen-bond acceptors (Lipinski definition) is 2. The van der Waals surface area contributed by atoms with Gasteiger partial charge in [0.2, 0.25) is 5.91 Å². The van der Waals surface area contributed by atoms with Gasteiger partial charge in [0.15, 0.2) is 0 Å². The lowest BCUT2D eigenvalue weighted by atomic mass is 9.84. The van der Waals surface area contributed by atoms with Gasteiger partial charge in [0.25, 0.3) is 0 Å². The molecule has 0 aliphatic heterocycles. The van der Waals surface area contributed by atoms with Crippen molar-refractivity contribution < 1.29 is 14.7 Å². The topological polar surface area (TPSA) is 57.6 Å². The van der Waals surface area contributed by atoms with Gasteiger partial charge < -0.3 is 10.0 Å². The van der Waals surface area contributed by atoms with Crippen molar-refractivity contribution in [2.24, 2.45) is 11.3 Å². The highest BCUT2D eigenvalue weighted by atomic mass is 16.4. The Bertz CT molecular complexity index is 315. The van der Waals surface area contributed by atoms with E-state index in [9.17, 15) is 9.59 Å². The lowest BCUT2D eigenvalue weighted by Gasteiger charge is -2.26. The smallest absolute Gasteiger partial charge is 0.323 e. The number of carboxylic acid groups (broad SMARTS) is 1. The monoisotopic (exact) mass is 255 g/mol. The molecule has 1 aliphatic carbocycles. The second-order valence-electron chi connectivity index (χ2n) is 6.72. The molecule has 0 saturated heterocycles. The normalized spacial score (nSPS) is 17.3. The van der Waals surface area contributed by atoms with E-state index in [4.69, 9.17) is 5.11 Å². The molecule has 0 aromatic heterocycles. The summed E-state index contributed by atoms with van der Waals surface area (Å²) in [6.07, 6.45) is 3.34. The van der Waals surface area contributed by atoms with E-state index >= 15 is 0 Å². The van der Waals surface area contributed by atoms with Crippen LogP contribution < -0.4 is 0 Å². The van der Waals surface area contributed by atoms with Crippen molar-refractivity contribution in [3.05, 3.63) is 0 Å². The standard InChI is InChI=1S/C14H25NO3/c1-10(8-14(2,3)4)7-12(16)15(9-13(17)18)11-5-6-11/h10-11H,5-9H2,1-4H3,(H,17,18). The molecule has 0 aromatic carbocycles. The van der Waals surface area contributed by atoms with Crippen LogP contribution in [0.5, 0.6) is 0 Å². The Morgan fingerprint density at radius 3 is 2.28 bits per heavy atom. The van der Waals surface area contributed by atoms with Gasteiger partial charge >= 0.3 is 5.97 Å². The Labute approximate surface area is 109 Å². The highest BCUT2D eigenvalue weighted by Gasteiger charge is 2.34. The molecular formula is C14H25NO3. The number of aliphatic carboxylic acids is 1. The SMILES string of the molecule is CC(CC(=O)N(CC(=O)O)C1CC1)CC(C)(C)C. The Kier molecular flexibility index (Phi) is 4.77. The summed E-state index contributed by atoms with van der Waals surface area (Å²) in [5.41, 5.74) is 0.205.